The highest BCUT2D eigenvalue weighted by molar-refractivity contribution is 9.10. The lowest BCUT2D eigenvalue weighted by molar-refractivity contribution is 0.0592. The Bertz CT molecular complexity index is 1220. The summed E-state index contributed by atoms with van der Waals surface area (Å²) in [5.74, 6) is 0.0412. The van der Waals surface area contributed by atoms with Crippen molar-refractivity contribution in [3.63, 3.8) is 0 Å². The molecule has 2 heterocycles. The number of carbonyl (C=O) groups excluding carboxylic acids is 1. The van der Waals surface area contributed by atoms with Crippen LogP contribution in [0.3, 0.4) is 0 Å². The average molecular weight is 490 g/mol. The molecular weight excluding hydrogens is 476 g/mol. The molecule has 0 aliphatic heterocycles. The van der Waals surface area contributed by atoms with Gasteiger partial charge in [0.25, 0.3) is 0 Å². The monoisotopic (exact) mass is 488 g/mol. The van der Waals surface area contributed by atoms with Crippen LogP contribution in [0.2, 0.25) is 5.02 Å². The first-order chi connectivity index (χ1) is 14.0. The first kappa shape index (κ1) is 19.8. The minimum absolute atomic E-state index is 0.134. The predicted molar refractivity (Wildman–Crippen MR) is 117 cm³/mol. The lowest BCUT2D eigenvalue weighted by atomic mass is 10.1. The normalized spacial score (nSPS) is 10.9. The molecule has 2 aromatic heterocycles. The Morgan fingerprint density at radius 2 is 2.00 bits per heavy atom. The molecule has 0 N–H and O–H groups in total. The van der Waals surface area contributed by atoms with E-state index in [9.17, 15) is 4.79 Å². The summed E-state index contributed by atoms with van der Waals surface area (Å²) < 4.78 is 11.4. The lowest BCUT2D eigenvalue weighted by Crippen LogP contribution is -2.05. The van der Waals surface area contributed by atoms with Crippen molar-refractivity contribution in [2.24, 2.45) is 0 Å². The standard InChI is InChI=1S/C20H14BrClN4O2S/c1-11-6-5-7-12(10-11)18-23-19(29-25-18)17-15(21)16(20(27)28-2)24-26(17)14-9-4-3-8-13(14)22/h3-10H,1-2H3. The van der Waals surface area contributed by atoms with Crippen LogP contribution < -0.4 is 0 Å². The van der Waals surface area contributed by atoms with Crippen LogP contribution >= 0.6 is 39.1 Å². The molecule has 6 nitrogen and oxygen atoms in total. The molecule has 146 valence electrons. The highest BCUT2D eigenvalue weighted by atomic mass is 79.9. The maximum absolute atomic E-state index is 12.2. The lowest BCUT2D eigenvalue weighted by Gasteiger charge is -2.07. The molecular formula is C20H14BrClN4O2S. The third kappa shape index (κ3) is 3.71. The number of nitrogens with zero attached hydrogens (tertiary/aromatic N) is 4. The molecule has 0 saturated heterocycles. The smallest absolute Gasteiger partial charge is 0.359 e. The molecule has 0 bridgehead atoms. The van der Waals surface area contributed by atoms with E-state index in [4.69, 9.17) is 16.3 Å². The van der Waals surface area contributed by atoms with Crippen molar-refractivity contribution in [3.05, 3.63) is 69.3 Å². The number of carbonyl (C=O) groups is 1. The molecule has 0 aliphatic rings. The molecule has 0 amide bonds. The number of benzene rings is 2. The first-order valence-electron chi connectivity index (χ1n) is 8.52. The van der Waals surface area contributed by atoms with E-state index < -0.39 is 5.97 Å². The summed E-state index contributed by atoms with van der Waals surface area (Å²) >= 11 is 11.1. The molecule has 4 rings (SSSR count). The van der Waals surface area contributed by atoms with Crippen LogP contribution in [-0.4, -0.2) is 32.2 Å². The van der Waals surface area contributed by atoms with Gasteiger partial charge >= 0.3 is 5.97 Å². The number of hydrogen-bond donors (Lipinski definition) is 0. The van der Waals surface area contributed by atoms with E-state index in [0.29, 0.717) is 31.7 Å². The molecule has 4 aromatic rings. The van der Waals surface area contributed by atoms with E-state index in [1.165, 1.54) is 18.6 Å². The number of aryl methyl sites for hydroxylation is 1. The summed E-state index contributed by atoms with van der Waals surface area (Å²) in [6, 6.07) is 15.2. The summed E-state index contributed by atoms with van der Waals surface area (Å²) in [5, 5.41) is 5.52. The topological polar surface area (TPSA) is 69.9 Å². The van der Waals surface area contributed by atoms with Gasteiger partial charge in [-0.15, -0.1) is 0 Å². The summed E-state index contributed by atoms with van der Waals surface area (Å²) in [6.07, 6.45) is 0. The fourth-order valence-electron chi connectivity index (χ4n) is 2.83. The van der Waals surface area contributed by atoms with Gasteiger partial charge in [0.05, 0.1) is 22.3 Å². The first-order valence-corrected chi connectivity index (χ1v) is 10.5. The van der Waals surface area contributed by atoms with Crippen molar-refractivity contribution in [2.45, 2.75) is 6.92 Å². The Labute approximate surface area is 184 Å². The van der Waals surface area contributed by atoms with Gasteiger partial charge in [0, 0.05) is 5.56 Å². The number of ether oxygens (including phenoxy) is 1. The van der Waals surface area contributed by atoms with Crippen LogP contribution in [0, 0.1) is 6.92 Å². The SMILES string of the molecule is COC(=O)c1nn(-c2ccccc2Cl)c(-c2nc(-c3cccc(C)c3)ns2)c1Br. The molecule has 0 spiro atoms. The number of esters is 1. The molecule has 2 aromatic carbocycles. The van der Waals surface area contributed by atoms with Crippen LogP contribution in [-0.2, 0) is 4.74 Å². The Morgan fingerprint density at radius 1 is 1.21 bits per heavy atom. The molecule has 9 heteroatoms. The maximum Gasteiger partial charge on any atom is 0.359 e. The van der Waals surface area contributed by atoms with E-state index in [2.05, 4.69) is 30.4 Å². The van der Waals surface area contributed by atoms with E-state index in [1.54, 1.807) is 10.7 Å². The van der Waals surface area contributed by atoms with Gasteiger partial charge < -0.3 is 4.74 Å². The van der Waals surface area contributed by atoms with Gasteiger partial charge in [-0.3, -0.25) is 0 Å². The number of hydrogen-bond acceptors (Lipinski definition) is 6. The quantitative estimate of drug-likeness (QED) is 0.351. The highest BCUT2D eigenvalue weighted by Gasteiger charge is 2.27. The highest BCUT2D eigenvalue weighted by Crippen LogP contribution is 2.37. The van der Waals surface area contributed by atoms with Gasteiger partial charge in [-0.2, -0.15) is 9.47 Å². The molecule has 0 unspecified atom stereocenters. The second-order valence-corrected chi connectivity index (χ2v) is 8.11. The van der Waals surface area contributed by atoms with Gasteiger partial charge in [0.2, 0.25) is 0 Å². The van der Waals surface area contributed by atoms with Crippen LogP contribution in [0.1, 0.15) is 16.1 Å². The van der Waals surface area contributed by atoms with Crippen molar-refractivity contribution in [1.29, 1.82) is 0 Å². The van der Waals surface area contributed by atoms with E-state index in [0.717, 1.165) is 11.1 Å². The number of rotatable bonds is 4. The van der Waals surface area contributed by atoms with Crippen LogP contribution in [0.15, 0.2) is 53.0 Å². The minimum atomic E-state index is -0.563. The van der Waals surface area contributed by atoms with Gasteiger partial charge in [-0.05, 0) is 52.6 Å². The molecule has 0 fully saturated rings. The van der Waals surface area contributed by atoms with Crippen molar-refractivity contribution in [1.82, 2.24) is 19.1 Å². The Hall–Kier alpha value is -2.55. The van der Waals surface area contributed by atoms with Crippen LogP contribution in [0.25, 0.3) is 27.8 Å². The zero-order chi connectivity index (χ0) is 20.5. The van der Waals surface area contributed by atoms with Crippen molar-refractivity contribution >= 4 is 45.0 Å². The average Bonchev–Trinajstić information content (AvgIpc) is 3.32. The number of para-hydroxylation sites is 1. The van der Waals surface area contributed by atoms with Crippen molar-refractivity contribution < 1.29 is 9.53 Å². The zero-order valence-corrected chi connectivity index (χ0v) is 18.5. The zero-order valence-electron chi connectivity index (χ0n) is 15.4. The fraction of sp³-hybridized carbons (Fsp3) is 0.100. The summed E-state index contributed by atoms with van der Waals surface area (Å²) in [7, 11) is 1.31. The Kier molecular flexibility index (Phi) is 5.49. The van der Waals surface area contributed by atoms with Gasteiger partial charge in [-0.25, -0.2) is 14.5 Å². The largest absolute Gasteiger partial charge is 0.464 e. The number of aromatic nitrogens is 4. The minimum Gasteiger partial charge on any atom is -0.464 e. The van der Waals surface area contributed by atoms with Gasteiger partial charge in [0.1, 0.15) is 5.69 Å². The third-order valence-electron chi connectivity index (χ3n) is 4.19. The van der Waals surface area contributed by atoms with E-state index in [1.807, 2.05) is 49.4 Å². The predicted octanol–water partition coefficient (Wildman–Crippen LogP) is 5.57. The van der Waals surface area contributed by atoms with Crippen LogP contribution in [0.5, 0.6) is 0 Å². The van der Waals surface area contributed by atoms with E-state index >= 15 is 0 Å². The number of methoxy groups -OCH3 is 1. The molecule has 0 atom stereocenters. The maximum atomic E-state index is 12.2. The molecule has 0 aliphatic carbocycles. The van der Waals surface area contributed by atoms with Gasteiger partial charge in [0.15, 0.2) is 16.5 Å². The second kappa shape index (κ2) is 8.06. The van der Waals surface area contributed by atoms with Crippen LogP contribution in [0.4, 0.5) is 0 Å². The Morgan fingerprint density at radius 3 is 2.72 bits per heavy atom. The summed E-state index contributed by atoms with van der Waals surface area (Å²) in [5.41, 5.74) is 3.37. The molecule has 29 heavy (non-hydrogen) atoms. The molecule has 0 saturated carbocycles. The van der Waals surface area contributed by atoms with E-state index in [-0.39, 0.29) is 5.69 Å². The number of halogens is 2. The third-order valence-corrected chi connectivity index (χ3v) is 5.98. The summed E-state index contributed by atoms with van der Waals surface area (Å²) in [6.45, 7) is 2.02. The van der Waals surface area contributed by atoms with Crippen molar-refractivity contribution in [3.8, 4) is 27.8 Å². The van der Waals surface area contributed by atoms with Gasteiger partial charge in [-0.1, -0.05) is 47.5 Å². The second-order valence-electron chi connectivity index (χ2n) is 6.16. The summed E-state index contributed by atoms with van der Waals surface area (Å²) in [4.78, 5) is 16.9. The van der Waals surface area contributed by atoms with Crippen molar-refractivity contribution in [2.75, 3.05) is 7.11 Å². The fourth-order valence-corrected chi connectivity index (χ4v) is 4.49. The Balaban J connectivity index is 1.90. The molecule has 0 radical (unpaired) electrons.